The van der Waals surface area contributed by atoms with Crippen molar-refractivity contribution in [1.82, 2.24) is 40.2 Å². The Morgan fingerprint density at radius 2 is 1.00 bits per heavy atom. The van der Waals surface area contributed by atoms with Crippen molar-refractivity contribution in [2.75, 3.05) is 35.4 Å². The summed E-state index contributed by atoms with van der Waals surface area (Å²) < 4.78 is 32.1. The number of amides is 2. The molecule has 0 bridgehead atoms. The van der Waals surface area contributed by atoms with E-state index in [1.165, 1.54) is 62.9 Å². The van der Waals surface area contributed by atoms with Crippen LogP contribution in [0.5, 0.6) is 0 Å². The molecule has 2 amide bonds. The average Bonchev–Trinajstić information content (AvgIpc) is 3.65. The van der Waals surface area contributed by atoms with Gasteiger partial charge in [0.1, 0.15) is 23.3 Å². The predicted octanol–water partition coefficient (Wildman–Crippen LogP) is 7.53. The number of benzene rings is 2. The first-order chi connectivity index (χ1) is 25.8. The lowest BCUT2D eigenvalue weighted by Crippen LogP contribution is -2.19. The third-order valence-electron chi connectivity index (χ3n) is 8.20. The summed E-state index contributed by atoms with van der Waals surface area (Å²) in [5.41, 5.74) is 4.66. The zero-order chi connectivity index (χ0) is 39.1. The topological polar surface area (TPSA) is 168 Å². The molecule has 6 aromatic rings. The monoisotopic (exact) mass is 776 g/mol. The van der Waals surface area contributed by atoms with Gasteiger partial charge in [0, 0.05) is 40.3 Å². The Morgan fingerprint density at radius 1 is 0.611 bits per heavy atom. The predicted molar refractivity (Wildman–Crippen MR) is 207 cm³/mol. The maximum absolute atomic E-state index is 14.3. The number of nitrogens with one attached hydrogen (secondary N) is 6. The molecule has 0 aliphatic rings. The molecule has 0 atom stereocenters. The summed E-state index contributed by atoms with van der Waals surface area (Å²) in [4.78, 5) is 32.5. The minimum atomic E-state index is -0.568. The highest BCUT2D eigenvalue weighted by Gasteiger charge is 2.18. The van der Waals surface area contributed by atoms with Gasteiger partial charge in [-0.15, -0.1) is 0 Å². The van der Waals surface area contributed by atoms with Crippen LogP contribution in [-0.2, 0) is 14.1 Å². The van der Waals surface area contributed by atoms with E-state index >= 15 is 0 Å². The van der Waals surface area contributed by atoms with Gasteiger partial charge in [0.2, 0.25) is 0 Å². The van der Waals surface area contributed by atoms with Crippen LogP contribution in [0.15, 0.2) is 73.3 Å². The molecule has 0 spiro atoms. The maximum Gasteiger partial charge on any atom is 0.253 e. The van der Waals surface area contributed by atoms with E-state index in [-0.39, 0.29) is 32.5 Å². The third-order valence-corrected chi connectivity index (χ3v) is 8.80. The van der Waals surface area contributed by atoms with Gasteiger partial charge in [-0.05, 0) is 38.1 Å². The van der Waals surface area contributed by atoms with Crippen molar-refractivity contribution in [2.45, 2.75) is 13.8 Å². The summed E-state index contributed by atoms with van der Waals surface area (Å²) in [5.74, 6) is -0.965. The number of carbonyl (C=O) groups excluding carboxylic acids is 2. The fourth-order valence-corrected chi connectivity index (χ4v) is 5.25. The van der Waals surface area contributed by atoms with Crippen LogP contribution in [0.3, 0.4) is 0 Å². The highest BCUT2D eigenvalue weighted by molar-refractivity contribution is 6.33. The fourth-order valence-electron chi connectivity index (χ4n) is 4.94. The van der Waals surface area contributed by atoms with Gasteiger partial charge in [-0.2, -0.15) is 10.2 Å². The van der Waals surface area contributed by atoms with Crippen molar-refractivity contribution < 1.29 is 18.4 Å². The number of aryl methyl sites for hydroxylation is 2. The van der Waals surface area contributed by atoms with Gasteiger partial charge in [0.05, 0.1) is 91.5 Å². The number of hydrogen-bond acceptors (Lipinski definition) is 10. The van der Waals surface area contributed by atoms with Crippen molar-refractivity contribution in [3.05, 3.63) is 118 Å². The minimum Gasteiger partial charge on any atom is -0.355 e. The third kappa shape index (κ3) is 8.85. The quantitative estimate of drug-likeness (QED) is 0.0819. The number of hydrogen-bond donors (Lipinski definition) is 6. The largest absolute Gasteiger partial charge is 0.355 e. The van der Waals surface area contributed by atoms with E-state index in [1.54, 1.807) is 33.9 Å². The molecule has 4 aromatic heterocycles. The standard InChI is InChI=1S/2C18H18ClFN6O/c2*1-10-15(9-23-26(10)3)24-16-7-14(12(19)8-22-16)25-17-11(18(27)21-2)5-4-6-13(17)20/h2*4-9H,1-3H3,(H,21,27)(H2,22,24,25). The molecule has 54 heavy (non-hydrogen) atoms. The number of para-hydroxylation sites is 2. The van der Waals surface area contributed by atoms with E-state index < -0.39 is 23.4 Å². The molecule has 0 saturated carbocycles. The molecule has 0 unspecified atom stereocenters. The Bertz CT molecular complexity index is 2170. The van der Waals surface area contributed by atoms with Crippen LogP contribution in [-0.4, -0.2) is 55.4 Å². The summed E-state index contributed by atoms with van der Waals surface area (Å²) >= 11 is 12.4. The Hall–Kier alpha value is -6.26. The van der Waals surface area contributed by atoms with Gasteiger partial charge in [-0.1, -0.05) is 35.3 Å². The second-order valence-corrected chi connectivity index (χ2v) is 12.4. The first kappa shape index (κ1) is 39.0. The number of rotatable bonds is 10. The first-order valence-electron chi connectivity index (χ1n) is 16.2. The SMILES string of the molecule is CNC(=O)c1cccc(F)c1Nc1cc(Nc2cnn(C)c2C)ncc1Cl.CNC(=O)c1cccc(F)c1Nc1cc(Nc2cnn(C)c2C)ncc1Cl. The van der Waals surface area contributed by atoms with E-state index in [4.69, 9.17) is 23.2 Å². The van der Waals surface area contributed by atoms with Crippen molar-refractivity contribution >= 4 is 80.8 Å². The molecule has 6 rings (SSSR count). The fraction of sp³-hybridized carbons (Fsp3) is 0.167. The van der Waals surface area contributed by atoms with Crippen LogP contribution in [0.4, 0.5) is 54.5 Å². The lowest BCUT2D eigenvalue weighted by atomic mass is 10.1. The van der Waals surface area contributed by atoms with Crippen molar-refractivity contribution in [2.24, 2.45) is 14.1 Å². The molecule has 0 fully saturated rings. The maximum atomic E-state index is 14.3. The van der Waals surface area contributed by atoms with Gasteiger partial charge in [-0.3, -0.25) is 19.0 Å². The van der Waals surface area contributed by atoms with E-state index in [0.29, 0.717) is 23.0 Å². The van der Waals surface area contributed by atoms with Gasteiger partial charge >= 0.3 is 0 Å². The van der Waals surface area contributed by atoms with Crippen LogP contribution in [0.1, 0.15) is 32.1 Å². The summed E-state index contributed by atoms with van der Waals surface area (Å²) in [6.45, 7) is 3.83. The molecule has 4 heterocycles. The van der Waals surface area contributed by atoms with E-state index in [1.807, 2.05) is 27.9 Å². The highest BCUT2D eigenvalue weighted by atomic mass is 35.5. The molecule has 0 aliphatic carbocycles. The second kappa shape index (κ2) is 17.0. The zero-order valence-corrected chi connectivity index (χ0v) is 31.5. The van der Waals surface area contributed by atoms with Crippen molar-refractivity contribution in [1.29, 1.82) is 0 Å². The van der Waals surface area contributed by atoms with Gasteiger partial charge in [0.25, 0.3) is 11.8 Å². The number of nitrogens with zero attached hydrogens (tertiary/aromatic N) is 6. The second-order valence-electron chi connectivity index (χ2n) is 11.6. The summed E-state index contributed by atoms with van der Waals surface area (Å²) in [6.07, 6.45) is 6.25. The number of halogens is 4. The molecule has 2 aromatic carbocycles. The van der Waals surface area contributed by atoms with E-state index in [0.717, 1.165) is 22.8 Å². The van der Waals surface area contributed by atoms with Crippen molar-refractivity contribution in [3.8, 4) is 0 Å². The van der Waals surface area contributed by atoms with E-state index in [2.05, 4.69) is 52.1 Å². The molecule has 0 saturated heterocycles. The van der Waals surface area contributed by atoms with Crippen LogP contribution in [0.25, 0.3) is 0 Å². The van der Waals surface area contributed by atoms with Crippen LogP contribution >= 0.6 is 23.2 Å². The van der Waals surface area contributed by atoms with Crippen LogP contribution in [0.2, 0.25) is 10.0 Å². The lowest BCUT2D eigenvalue weighted by molar-refractivity contribution is 0.0955. The molecule has 280 valence electrons. The smallest absolute Gasteiger partial charge is 0.253 e. The van der Waals surface area contributed by atoms with Crippen LogP contribution in [0, 0.1) is 25.5 Å². The average molecular weight is 778 g/mol. The number of anilines is 8. The van der Waals surface area contributed by atoms with Gasteiger partial charge in [-0.25, -0.2) is 18.7 Å². The molecule has 6 N–H and O–H groups in total. The Labute approximate surface area is 319 Å². The minimum absolute atomic E-state index is 0.0356. The zero-order valence-electron chi connectivity index (χ0n) is 29.9. The normalized spacial score (nSPS) is 10.6. The van der Waals surface area contributed by atoms with Crippen LogP contribution < -0.4 is 31.9 Å². The number of carbonyl (C=O) groups is 2. The first-order valence-corrected chi connectivity index (χ1v) is 16.9. The number of aromatic nitrogens is 6. The summed E-state index contributed by atoms with van der Waals surface area (Å²) in [7, 11) is 6.63. The van der Waals surface area contributed by atoms with Gasteiger partial charge in [0.15, 0.2) is 0 Å². The molecule has 14 nitrogen and oxygen atoms in total. The summed E-state index contributed by atoms with van der Waals surface area (Å²) in [6, 6.07) is 11.8. The molecule has 18 heteroatoms. The Morgan fingerprint density at radius 3 is 1.33 bits per heavy atom. The van der Waals surface area contributed by atoms with Crippen molar-refractivity contribution in [3.63, 3.8) is 0 Å². The lowest BCUT2D eigenvalue weighted by Gasteiger charge is -2.14. The Balaban J connectivity index is 0.000000208. The highest BCUT2D eigenvalue weighted by Crippen LogP contribution is 2.33. The van der Waals surface area contributed by atoms with Gasteiger partial charge < -0.3 is 31.9 Å². The number of pyridine rings is 2. The Kier molecular flexibility index (Phi) is 12.3. The molecular weight excluding hydrogens is 741 g/mol. The molecule has 0 aliphatic heterocycles. The molecule has 0 radical (unpaired) electrons. The van der Waals surface area contributed by atoms with E-state index in [9.17, 15) is 18.4 Å². The summed E-state index contributed by atoms with van der Waals surface area (Å²) in [5, 5.41) is 26.0. The molecular formula is C36H36Cl2F2N12O2.